The van der Waals surface area contributed by atoms with Gasteiger partial charge in [0, 0.05) is 0 Å². The zero-order chi connectivity index (χ0) is 22.3. The summed E-state index contributed by atoms with van der Waals surface area (Å²) in [6.45, 7) is 0. The molecule has 0 spiro atoms. The Kier molecular flexibility index (Phi) is 7.75. The van der Waals surface area contributed by atoms with Gasteiger partial charge in [-0.05, 0) is 20.9 Å². The van der Waals surface area contributed by atoms with Gasteiger partial charge in [0.05, 0.1) is 0 Å². The van der Waals surface area contributed by atoms with E-state index in [1.54, 1.807) is 24.8 Å². The van der Waals surface area contributed by atoms with Crippen LogP contribution in [0.2, 0.25) is 0 Å². The van der Waals surface area contributed by atoms with Crippen molar-refractivity contribution in [3.63, 3.8) is 0 Å². The first kappa shape index (κ1) is 23.5. The number of hydrogen-bond donors (Lipinski definition) is 1. The summed E-state index contributed by atoms with van der Waals surface area (Å²) >= 11 is 0. The molecule has 4 heterocycles. The van der Waals surface area contributed by atoms with Crippen molar-refractivity contribution in [3.05, 3.63) is 126 Å². The van der Waals surface area contributed by atoms with Crippen LogP contribution >= 0.6 is 0 Å². The predicted octanol–water partition coefficient (Wildman–Crippen LogP) is 4.28. The van der Waals surface area contributed by atoms with E-state index in [4.69, 9.17) is 15.3 Å². The minimum absolute atomic E-state index is 0. The summed E-state index contributed by atoms with van der Waals surface area (Å²) < 4.78 is 0. The molecule has 0 fully saturated rings. The topological polar surface area (TPSA) is 120 Å². The van der Waals surface area contributed by atoms with Crippen LogP contribution in [-0.4, -0.2) is 10.3 Å². The van der Waals surface area contributed by atoms with Crippen molar-refractivity contribution in [2.45, 2.75) is 0 Å². The molecule has 9 heteroatoms. The summed E-state index contributed by atoms with van der Waals surface area (Å²) in [5.41, 5.74) is 3.91. The van der Waals surface area contributed by atoms with Crippen LogP contribution in [0.3, 0.4) is 0 Å². The average molecular weight is 487 g/mol. The first-order valence-electron chi connectivity index (χ1n) is 9.64. The summed E-state index contributed by atoms with van der Waals surface area (Å²) in [4.78, 5) is 8.36. The normalized spacial score (nSPS) is 13.8. The quantitative estimate of drug-likeness (QED) is 0.340. The van der Waals surface area contributed by atoms with Crippen molar-refractivity contribution >= 4 is 47.1 Å². The Bertz CT molecular complexity index is 1220. The maximum atomic E-state index is 8.36. The van der Waals surface area contributed by atoms with E-state index in [1.165, 1.54) is 0 Å². The first-order chi connectivity index (χ1) is 15.6. The minimum atomic E-state index is -1.50. The molecule has 0 radical (unpaired) electrons. The molecule has 4 aliphatic rings. The van der Waals surface area contributed by atoms with Crippen LogP contribution in [0.25, 0.3) is 45.6 Å². The SMILES string of the molecule is C1=C[N-]c2c3c(ccc2=C1)=CC=C[N-]3.C1=C[N-]c2c3c(ccc2=C1)=CC=C[N-]3.O=[N+]([O-])O.[Cu+]. The molecule has 0 aliphatic carbocycles. The summed E-state index contributed by atoms with van der Waals surface area (Å²) in [5.74, 6) is 0. The van der Waals surface area contributed by atoms with Crippen LogP contribution in [0.1, 0.15) is 0 Å². The molecule has 0 atom stereocenters. The van der Waals surface area contributed by atoms with Gasteiger partial charge >= 0.3 is 17.1 Å². The van der Waals surface area contributed by atoms with Gasteiger partial charge in [-0.15, -0.1) is 32.9 Å². The van der Waals surface area contributed by atoms with Gasteiger partial charge < -0.3 is 26.5 Å². The third-order valence-corrected chi connectivity index (χ3v) is 4.69. The Balaban J connectivity index is 0.000000156. The molecule has 0 amide bonds. The monoisotopic (exact) mass is 486 g/mol. The van der Waals surface area contributed by atoms with Gasteiger partial charge in [0.1, 0.15) is 0 Å². The Morgan fingerprint density at radius 1 is 0.576 bits per heavy atom. The molecule has 8 nitrogen and oxygen atoms in total. The molecule has 0 aromatic heterocycles. The summed E-state index contributed by atoms with van der Waals surface area (Å²) in [6.07, 6.45) is 23.2. The van der Waals surface area contributed by atoms with E-state index in [9.17, 15) is 0 Å². The molecule has 170 valence electrons. The van der Waals surface area contributed by atoms with Gasteiger partial charge in [0.25, 0.3) is 5.09 Å². The number of nitrogens with zero attached hydrogens (tertiary/aromatic N) is 5. The largest absolute Gasteiger partial charge is 1.00 e. The zero-order valence-corrected chi connectivity index (χ0v) is 18.0. The molecule has 2 aromatic rings. The molecule has 6 rings (SSSR count). The summed E-state index contributed by atoms with van der Waals surface area (Å²) in [5, 5.41) is 35.6. The zero-order valence-electron chi connectivity index (χ0n) is 17.0. The van der Waals surface area contributed by atoms with Gasteiger partial charge in [-0.1, -0.05) is 72.9 Å². The molecule has 0 unspecified atom stereocenters. The van der Waals surface area contributed by atoms with E-state index in [2.05, 4.69) is 69.8 Å². The number of benzene rings is 2. The molecule has 0 bridgehead atoms. The predicted molar refractivity (Wildman–Crippen MR) is 127 cm³/mol. The molecule has 33 heavy (non-hydrogen) atoms. The van der Waals surface area contributed by atoms with Crippen molar-refractivity contribution in [3.8, 4) is 0 Å². The number of allylic oxidation sites excluding steroid dienone is 4. The second-order valence-corrected chi connectivity index (χ2v) is 6.67. The number of fused-ring (bicyclic) bond motifs is 6. The smallest absolute Gasteiger partial charge is 0.665 e. The molecule has 0 saturated carbocycles. The van der Waals surface area contributed by atoms with E-state index in [1.807, 2.05) is 24.3 Å². The van der Waals surface area contributed by atoms with Crippen molar-refractivity contribution in [1.29, 1.82) is 0 Å². The van der Waals surface area contributed by atoms with Crippen LogP contribution in [0.15, 0.2) is 73.4 Å². The van der Waals surface area contributed by atoms with Crippen LogP contribution in [0, 0.1) is 10.1 Å². The Labute approximate surface area is 200 Å². The van der Waals surface area contributed by atoms with Crippen molar-refractivity contribution in [2.75, 3.05) is 0 Å². The van der Waals surface area contributed by atoms with E-state index >= 15 is 0 Å². The van der Waals surface area contributed by atoms with Gasteiger partial charge in [0.15, 0.2) is 0 Å². The molecule has 2 aromatic carbocycles. The van der Waals surface area contributed by atoms with Gasteiger partial charge in [-0.3, -0.25) is 0 Å². The second kappa shape index (κ2) is 10.9. The van der Waals surface area contributed by atoms with E-state index in [0.717, 1.165) is 43.6 Å². The number of hydrogen-bond acceptors (Lipinski definition) is 2. The Hall–Kier alpha value is -4.20. The molecule has 0 saturated heterocycles. The van der Waals surface area contributed by atoms with E-state index in [-0.39, 0.29) is 17.1 Å². The van der Waals surface area contributed by atoms with Gasteiger partial charge in [0.2, 0.25) is 0 Å². The first-order valence-corrected chi connectivity index (χ1v) is 9.64. The van der Waals surface area contributed by atoms with Crippen molar-refractivity contribution < 1.29 is 27.4 Å². The van der Waals surface area contributed by atoms with Crippen LogP contribution in [0.4, 0.5) is 22.7 Å². The molecule has 1 N–H and O–H groups in total. The summed E-state index contributed by atoms with van der Waals surface area (Å²) in [7, 11) is 0. The third kappa shape index (κ3) is 5.54. The van der Waals surface area contributed by atoms with Crippen molar-refractivity contribution in [2.24, 2.45) is 0 Å². The Morgan fingerprint density at radius 2 is 0.788 bits per heavy atom. The van der Waals surface area contributed by atoms with Crippen LogP contribution in [-0.2, 0) is 17.1 Å². The molecular weight excluding hydrogens is 470 g/mol. The van der Waals surface area contributed by atoms with E-state index < -0.39 is 5.09 Å². The summed E-state index contributed by atoms with van der Waals surface area (Å²) in [6, 6.07) is 8.30. The van der Waals surface area contributed by atoms with E-state index in [0.29, 0.717) is 0 Å². The molecular formula is C24H17CuN5O3-3. The fraction of sp³-hybridized carbons (Fsp3) is 0. The standard InChI is InChI=1S/2C12H8N2.Cu.HNO3/c2*1-3-9-5-6-10-4-2-8-14-12(10)11(9)13-7-1;;2-1(3)4/h2*1-8H;;(H,2,3,4)/q2*-2;+1;. The fourth-order valence-electron chi connectivity index (χ4n) is 3.36. The van der Waals surface area contributed by atoms with Crippen LogP contribution < -0.4 is 20.9 Å². The van der Waals surface area contributed by atoms with Crippen molar-refractivity contribution in [1.82, 2.24) is 0 Å². The molecule has 4 aliphatic heterocycles. The van der Waals surface area contributed by atoms with Gasteiger partial charge in [-0.2, -0.15) is 24.8 Å². The maximum absolute atomic E-state index is 8.36. The van der Waals surface area contributed by atoms with Crippen LogP contribution in [0.5, 0.6) is 0 Å². The third-order valence-electron chi connectivity index (χ3n) is 4.69. The van der Waals surface area contributed by atoms with Gasteiger partial charge in [-0.25, -0.2) is 0 Å². The Morgan fingerprint density at radius 3 is 1.00 bits per heavy atom. The minimum Gasteiger partial charge on any atom is -0.665 e. The second-order valence-electron chi connectivity index (χ2n) is 6.67. The fourth-order valence-corrected chi connectivity index (χ4v) is 3.36. The maximum Gasteiger partial charge on any atom is 1.00 e. The number of rotatable bonds is 0. The average Bonchev–Trinajstić information content (AvgIpc) is 2.84.